The molecule has 3 atom stereocenters. The third-order valence-corrected chi connectivity index (χ3v) is 7.55. The van der Waals surface area contributed by atoms with Crippen LogP contribution in [0.5, 0.6) is 0 Å². The molecule has 1 aromatic rings. The van der Waals surface area contributed by atoms with Crippen molar-refractivity contribution < 1.29 is 14.5 Å². The summed E-state index contributed by atoms with van der Waals surface area (Å²) < 4.78 is 6.33. The lowest BCUT2D eigenvalue weighted by molar-refractivity contribution is -0.645. The zero-order valence-corrected chi connectivity index (χ0v) is 14.3. The fourth-order valence-corrected chi connectivity index (χ4v) is 7.24. The van der Waals surface area contributed by atoms with Gasteiger partial charge in [0.2, 0.25) is 0 Å². The molecule has 4 saturated carbocycles. The molecular weight excluding hydrogens is 344 g/mol. The first-order chi connectivity index (χ1) is 10.6. The summed E-state index contributed by atoms with van der Waals surface area (Å²) in [6, 6.07) is 10.3. The second-order valence-corrected chi connectivity index (χ2v) is 9.32. The van der Waals surface area contributed by atoms with Crippen molar-refractivity contribution in [1.82, 2.24) is 0 Å². The molecule has 118 valence electrons. The minimum absolute atomic E-state index is 0.308. The first-order valence-corrected chi connectivity index (χ1v) is 9.08. The summed E-state index contributed by atoms with van der Waals surface area (Å²) in [6.07, 6.45) is 6.14. The summed E-state index contributed by atoms with van der Waals surface area (Å²) in [5.74, 6) is 1.11. The van der Waals surface area contributed by atoms with Crippen molar-refractivity contribution in [2.45, 2.75) is 47.8 Å². The molecule has 3 unspecified atom stereocenters. The van der Waals surface area contributed by atoms with Crippen LogP contribution in [-0.4, -0.2) is 17.0 Å². The maximum atomic E-state index is 6.01. The fraction of sp³-hybridized carbons (Fsp3) is 0.667. The van der Waals surface area contributed by atoms with Gasteiger partial charge >= 0.3 is 0 Å². The van der Waals surface area contributed by atoms with Crippen molar-refractivity contribution in [3.8, 4) is 0 Å². The monoisotopic (exact) mass is 364 g/mol. The van der Waals surface area contributed by atoms with Gasteiger partial charge in [0.05, 0.1) is 0 Å². The molecule has 5 aliphatic rings. The van der Waals surface area contributed by atoms with Crippen LogP contribution >= 0.6 is 15.9 Å². The van der Waals surface area contributed by atoms with Crippen LogP contribution in [0, 0.1) is 17.8 Å². The van der Waals surface area contributed by atoms with E-state index in [1.807, 2.05) is 18.2 Å². The van der Waals surface area contributed by atoms with Crippen molar-refractivity contribution >= 4 is 15.9 Å². The van der Waals surface area contributed by atoms with Gasteiger partial charge in [-0.2, -0.15) is 4.89 Å². The number of methoxy groups -OCH3 is 1. The number of hydrogen-bond donors (Lipinski definition) is 0. The summed E-state index contributed by atoms with van der Waals surface area (Å²) in [4.78, 5) is 11.7. The molecule has 1 aliphatic heterocycles. The lowest BCUT2D eigenvalue weighted by Crippen LogP contribution is -2.77. The second kappa shape index (κ2) is 4.35. The van der Waals surface area contributed by atoms with Gasteiger partial charge in [0.1, 0.15) is 0 Å². The Morgan fingerprint density at radius 1 is 1.05 bits per heavy atom. The van der Waals surface area contributed by atoms with Crippen LogP contribution in [0.25, 0.3) is 0 Å². The molecule has 1 aromatic carbocycles. The number of rotatable bonds is 2. The highest BCUT2D eigenvalue weighted by Gasteiger charge is 2.78. The Morgan fingerprint density at radius 3 is 2.23 bits per heavy atom. The SMILES string of the molecule is COC1(c2ccccc2)OOC12C1CC3CC2CC(Br)(C3)C1. The van der Waals surface area contributed by atoms with Gasteiger partial charge in [-0.15, -0.1) is 0 Å². The maximum Gasteiger partial charge on any atom is 0.260 e. The van der Waals surface area contributed by atoms with Crippen LogP contribution in [0.15, 0.2) is 30.3 Å². The third-order valence-electron chi connectivity index (χ3n) is 6.58. The van der Waals surface area contributed by atoms with Gasteiger partial charge in [0, 0.05) is 17.0 Å². The number of hydrogen-bond acceptors (Lipinski definition) is 3. The normalized spacial score (nSPS) is 52.0. The zero-order chi connectivity index (χ0) is 15.0. The van der Waals surface area contributed by atoms with Crippen molar-refractivity contribution in [3.63, 3.8) is 0 Å². The van der Waals surface area contributed by atoms with E-state index < -0.39 is 5.79 Å². The molecular formula is C18H21BrO3. The minimum atomic E-state index is -0.736. The molecule has 1 heterocycles. The number of halogens is 1. The second-order valence-electron chi connectivity index (χ2n) is 7.64. The topological polar surface area (TPSA) is 27.7 Å². The third kappa shape index (κ3) is 1.48. The lowest BCUT2D eigenvalue weighted by Gasteiger charge is -2.70. The van der Waals surface area contributed by atoms with E-state index in [0.717, 1.165) is 11.5 Å². The van der Waals surface area contributed by atoms with Crippen LogP contribution in [0.2, 0.25) is 0 Å². The molecule has 0 amide bonds. The molecule has 22 heavy (non-hydrogen) atoms. The van der Waals surface area contributed by atoms with Crippen LogP contribution in [0.3, 0.4) is 0 Å². The Balaban J connectivity index is 1.62. The Hall–Kier alpha value is -0.420. The maximum absolute atomic E-state index is 6.01. The Bertz CT molecular complexity index is 584. The van der Waals surface area contributed by atoms with Crippen molar-refractivity contribution in [2.75, 3.05) is 7.11 Å². The Morgan fingerprint density at radius 2 is 1.73 bits per heavy atom. The summed E-state index contributed by atoms with van der Waals surface area (Å²) >= 11 is 4.04. The van der Waals surface area contributed by atoms with Gasteiger partial charge in [-0.3, -0.25) is 0 Å². The fourth-order valence-electron chi connectivity index (χ4n) is 6.00. The predicted octanol–water partition coefficient (Wildman–Crippen LogP) is 4.16. The van der Waals surface area contributed by atoms with Gasteiger partial charge in [0.25, 0.3) is 5.79 Å². The van der Waals surface area contributed by atoms with E-state index in [2.05, 4.69) is 28.1 Å². The summed E-state index contributed by atoms with van der Waals surface area (Å²) in [7, 11) is 1.76. The molecule has 0 radical (unpaired) electrons. The molecule has 5 fully saturated rings. The van der Waals surface area contributed by atoms with Crippen molar-refractivity contribution in [1.29, 1.82) is 0 Å². The summed E-state index contributed by atoms with van der Waals surface area (Å²) in [5, 5.41) is 0. The lowest BCUT2D eigenvalue weighted by atomic mass is 9.47. The van der Waals surface area contributed by atoms with Gasteiger partial charge in [-0.1, -0.05) is 46.3 Å². The first kappa shape index (κ1) is 14.0. The number of alkyl halides is 1. The molecule has 6 rings (SSSR count). The predicted molar refractivity (Wildman–Crippen MR) is 85.2 cm³/mol. The molecule has 1 spiro atoms. The molecule has 0 aromatic heterocycles. The molecule has 4 aliphatic carbocycles. The van der Waals surface area contributed by atoms with Crippen LogP contribution in [0.4, 0.5) is 0 Å². The smallest absolute Gasteiger partial charge is 0.260 e. The zero-order valence-electron chi connectivity index (χ0n) is 12.8. The Labute approximate surface area is 139 Å². The molecule has 4 heteroatoms. The van der Waals surface area contributed by atoms with Gasteiger partial charge in [-0.25, -0.2) is 4.89 Å². The van der Waals surface area contributed by atoms with E-state index in [9.17, 15) is 0 Å². The van der Waals surface area contributed by atoms with E-state index in [0.29, 0.717) is 16.2 Å². The number of benzene rings is 1. The van der Waals surface area contributed by atoms with E-state index in [1.165, 1.54) is 32.1 Å². The summed E-state index contributed by atoms with van der Waals surface area (Å²) in [6.45, 7) is 0. The first-order valence-electron chi connectivity index (χ1n) is 8.28. The number of ether oxygens (including phenoxy) is 1. The summed E-state index contributed by atoms with van der Waals surface area (Å²) in [5.41, 5.74) is 0.775. The van der Waals surface area contributed by atoms with Gasteiger partial charge in [-0.05, 0) is 49.9 Å². The molecule has 0 N–H and O–H groups in total. The van der Waals surface area contributed by atoms with E-state index in [4.69, 9.17) is 14.5 Å². The van der Waals surface area contributed by atoms with E-state index >= 15 is 0 Å². The van der Waals surface area contributed by atoms with E-state index in [1.54, 1.807) is 7.11 Å². The molecule has 4 bridgehead atoms. The quantitative estimate of drug-likeness (QED) is 0.582. The average molecular weight is 365 g/mol. The van der Waals surface area contributed by atoms with Crippen LogP contribution < -0.4 is 0 Å². The molecule has 3 nitrogen and oxygen atoms in total. The highest BCUT2D eigenvalue weighted by Crippen LogP contribution is 2.71. The van der Waals surface area contributed by atoms with Crippen molar-refractivity contribution in [2.24, 2.45) is 17.8 Å². The van der Waals surface area contributed by atoms with Gasteiger partial charge < -0.3 is 4.74 Å². The average Bonchev–Trinajstić information content (AvgIpc) is 2.46. The van der Waals surface area contributed by atoms with E-state index in [-0.39, 0.29) is 5.60 Å². The Kier molecular flexibility index (Phi) is 2.76. The largest absolute Gasteiger partial charge is 0.345 e. The standard InChI is InChI=1S/C18H21BrO3/c1-20-18(13-5-3-2-4-6-13)17(21-22-18)14-7-12-8-15(17)11-16(19,9-12)10-14/h2-6,12,14-15H,7-11H2,1H3. The van der Waals surface area contributed by atoms with Crippen LogP contribution in [0.1, 0.15) is 37.7 Å². The van der Waals surface area contributed by atoms with Crippen molar-refractivity contribution in [3.05, 3.63) is 35.9 Å². The highest BCUT2D eigenvalue weighted by molar-refractivity contribution is 9.10. The molecule has 1 saturated heterocycles. The van der Waals surface area contributed by atoms with Crippen LogP contribution in [-0.2, 0) is 20.3 Å². The van der Waals surface area contributed by atoms with Gasteiger partial charge in [0.15, 0.2) is 5.60 Å². The highest BCUT2D eigenvalue weighted by atomic mass is 79.9. The minimum Gasteiger partial charge on any atom is -0.345 e.